The Balaban J connectivity index is 2.76. The van der Waals surface area contributed by atoms with E-state index in [0.29, 0.717) is 0 Å². The molecule has 2 rings (SSSR count). The van der Waals surface area contributed by atoms with Crippen LogP contribution < -0.4 is 0 Å². The summed E-state index contributed by atoms with van der Waals surface area (Å²) < 4.78 is 38.4. The summed E-state index contributed by atoms with van der Waals surface area (Å²) in [5.74, 6) is 0. The van der Waals surface area contributed by atoms with Gasteiger partial charge in [0, 0.05) is 6.92 Å². The second-order valence-electron chi connectivity index (χ2n) is 3.07. The number of hydrogen-bond donors (Lipinski definition) is 0. The Morgan fingerprint density at radius 1 is 1.33 bits per heavy atom. The van der Waals surface area contributed by atoms with Gasteiger partial charge in [0.05, 0.1) is 11.4 Å². The Bertz CT molecular complexity index is 513. The van der Waals surface area contributed by atoms with Crippen LogP contribution in [0.25, 0.3) is 5.65 Å². The van der Waals surface area contributed by atoms with Gasteiger partial charge in [-0.05, 0) is 19.1 Å². The average molecular weight is 213 g/mol. The van der Waals surface area contributed by atoms with Gasteiger partial charge < -0.3 is 0 Å². The van der Waals surface area contributed by atoms with Gasteiger partial charge >= 0.3 is 6.18 Å². The van der Waals surface area contributed by atoms with Crippen molar-refractivity contribution in [2.75, 3.05) is 0 Å². The van der Waals surface area contributed by atoms with Crippen molar-refractivity contribution in [3.05, 3.63) is 36.1 Å². The summed E-state index contributed by atoms with van der Waals surface area (Å²) in [7, 11) is 0. The molecule has 0 N–H and O–H groups in total. The number of nitrogens with zero attached hydrogens (tertiary/aromatic N) is 3. The van der Waals surface area contributed by atoms with Crippen LogP contribution >= 0.6 is 0 Å². The number of fused-ring (bicyclic) bond motifs is 1. The van der Waals surface area contributed by atoms with Gasteiger partial charge in [-0.15, -0.1) is 0 Å². The summed E-state index contributed by atoms with van der Waals surface area (Å²) in [6, 6.07) is 2.80. The zero-order valence-electron chi connectivity index (χ0n) is 7.71. The lowest BCUT2D eigenvalue weighted by atomic mass is 10.3. The second-order valence-corrected chi connectivity index (χ2v) is 3.07. The molecule has 0 saturated heterocycles. The smallest absolute Gasteiger partial charge is 0.222 e. The third-order valence-corrected chi connectivity index (χ3v) is 1.99. The van der Waals surface area contributed by atoms with Crippen LogP contribution in [0.4, 0.5) is 13.2 Å². The molecular weight excluding hydrogens is 207 g/mol. The Kier molecular flexibility index (Phi) is 1.95. The van der Waals surface area contributed by atoms with Crippen LogP contribution in [0, 0.1) is 13.8 Å². The SMILES string of the molecule is [CH]c1ccc2nc(C(F)(F)F)c(C)n2n1. The maximum absolute atomic E-state index is 12.5. The van der Waals surface area contributed by atoms with E-state index in [1.54, 1.807) is 0 Å². The van der Waals surface area contributed by atoms with Crippen molar-refractivity contribution in [1.29, 1.82) is 0 Å². The molecule has 0 aliphatic rings. The van der Waals surface area contributed by atoms with E-state index in [-0.39, 0.29) is 17.0 Å². The first kappa shape index (κ1) is 9.95. The number of alkyl halides is 3. The van der Waals surface area contributed by atoms with Crippen molar-refractivity contribution in [3.63, 3.8) is 0 Å². The summed E-state index contributed by atoms with van der Waals surface area (Å²) in [5.41, 5.74) is -0.712. The molecule has 0 fully saturated rings. The van der Waals surface area contributed by atoms with Gasteiger partial charge in [-0.2, -0.15) is 18.3 Å². The van der Waals surface area contributed by atoms with Crippen molar-refractivity contribution in [1.82, 2.24) is 14.6 Å². The summed E-state index contributed by atoms with van der Waals surface area (Å²) in [6.45, 7) is 6.67. The highest BCUT2D eigenvalue weighted by Crippen LogP contribution is 2.30. The number of hydrogen-bond acceptors (Lipinski definition) is 2. The minimum atomic E-state index is -4.47. The van der Waals surface area contributed by atoms with E-state index in [1.807, 2.05) is 0 Å². The fraction of sp³-hybridized carbons (Fsp3) is 0.222. The first-order chi connectivity index (χ1) is 6.89. The Morgan fingerprint density at radius 3 is 2.60 bits per heavy atom. The second kappa shape index (κ2) is 2.95. The van der Waals surface area contributed by atoms with E-state index in [1.165, 1.54) is 19.1 Å². The van der Waals surface area contributed by atoms with Crippen LogP contribution in [0.2, 0.25) is 0 Å². The molecule has 6 heteroatoms. The van der Waals surface area contributed by atoms with Gasteiger partial charge in [-0.25, -0.2) is 9.50 Å². The number of imidazole rings is 1. The largest absolute Gasteiger partial charge is 0.435 e. The summed E-state index contributed by atoms with van der Waals surface area (Å²) in [4.78, 5) is 3.44. The number of aromatic nitrogens is 3. The molecule has 3 nitrogen and oxygen atoms in total. The number of rotatable bonds is 0. The van der Waals surface area contributed by atoms with E-state index in [2.05, 4.69) is 10.1 Å². The van der Waals surface area contributed by atoms with Crippen LogP contribution in [0.15, 0.2) is 12.1 Å². The lowest BCUT2D eigenvalue weighted by Crippen LogP contribution is -2.08. The van der Waals surface area contributed by atoms with Crippen LogP contribution in [-0.4, -0.2) is 14.6 Å². The molecular formula is C9H6F3N3. The normalized spacial score (nSPS) is 12.3. The topological polar surface area (TPSA) is 30.2 Å². The number of aryl methyl sites for hydroxylation is 1. The summed E-state index contributed by atoms with van der Waals surface area (Å²) >= 11 is 0. The molecule has 0 aliphatic heterocycles. The third kappa shape index (κ3) is 1.55. The first-order valence-electron chi connectivity index (χ1n) is 4.08. The van der Waals surface area contributed by atoms with Crippen molar-refractivity contribution in [2.24, 2.45) is 0 Å². The predicted octanol–water partition coefficient (Wildman–Crippen LogP) is 2.12. The van der Waals surface area contributed by atoms with E-state index in [9.17, 15) is 13.2 Å². The highest BCUT2D eigenvalue weighted by molar-refractivity contribution is 5.42. The molecule has 0 aliphatic carbocycles. The fourth-order valence-corrected chi connectivity index (χ4v) is 1.33. The van der Waals surface area contributed by atoms with Gasteiger partial charge in [-0.1, -0.05) is 0 Å². The molecule has 2 aromatic heterocycles. The van der Waals surface area contributed by atoms with Gasteiger partial charge in [0.1, 0.15) is 0 Å². The van der Waals surface area contributed by atoms with Crippen molar-refractivity contribution >= 4 is 5.65 Å². The van der Waals surface area contributed by atoms with Crippen LogP contribution in [0.3, 0.4) is 0 Å². The van der Waals surface area contributed by atoms with Crippen LogP contribution in [0.1, 0.15) is 17.1 Å². The first-order valence-corrected chi connectivity index (χ1v) is 4.08. The minimum absolute atomic E-state index is 0.0650. The summed E-state index contributed by atoms with van der Waals surface area (Å²) in [6.07, 6.45) is -4.47. The summed E-state index contributed by atoms with van der Waals surface area (Å²) in [5, 5.41) is 3.74. The molecule has 0 atom stereocenters. The molecule has 0 aromatic carbocycles. The van der Waals surface area contributed by atoms with Crippen LogP contribution in [-0.2, 0) is 6.18 Å². The fourth-order valence-electron chi connectivity index (χ4n) is 1.33. The van der Waals surface area contributed by atoms with Gasteiger partial charge in [0.25, 0.3) is 0 Å². The molecule has 2 aromatic rings. The molecule has 15 heavy (non-hydrogen) atoms. The van der Waals surface area contributed by atoms with E-state index < -0.39 is 11.9 Å². The molecule has 2 radical (unpaired) electrons. The highest BCUT2D eigenvalue weighted by Gasteiger charge is 2.36. The van der Waals surface area contributed by atoms with Gasteiger partial charge in [0.15, 0.2) is 11.3 Å². The maximum Gasteiger partial charge on any atom is 0.435 e. The van der Waals surface area contributed by atoms with E-state index >= 15 is 0 Å². The van der Waals surface area contributed by atoms with E-state index in [0.717, 1.165) is 4.52 Å². The minimum Gasteiger partial charge on any atom is -0.222 e. The van der Waals surface area contributed by atoms with Crippen LogP contribution in [0.5, 0.6) is 0 Å². The zero-order chi connectivity index (χ0) is 11.2. The highest BCUT2D eigenvalue weighted by atomic mass is 19.4. The zero-order valence-corrected chi connectivity index (χ0v) is 7.71. The number of halogens is 3. The average Bonchev–Trinajstić information content (AvgIpc) is 2.43. The van der Waals surface area contributed by atoms with Crippen molar-refractivity contribution in [3.8, 4) is 0 Å². The maximum atomic E-state index is 12.5. The Labute approximate surface area is 83.5 Å². The quantitative estimate of drug-likeness (QED) is 0.670. The van der Waals surface area contributed by atoms with Gasteiger partial charge in [-0.3, -0.25) is 0 Å². The Hall–Kier alpha value is -1.59. The lowest BCUT2D eigenvalue weighted by molar-refractivity contribution is -0.141. The van der Waals surface area contributed by atoms with Gasteiger partial charge in [0.2, 0.25) is 0 Å². The molecule has 0 saturated carbocycles. The molecule has 78 valence electrons. The van der Waals surface area contributed by atoms with Crippen molar-refractivity contribution < 1.29 is 13.2 Å². The predicted molar refractivity (Wildman–Crippen MR) is 46.1 cm³/mol. The molecule has 0 amide bonds. The molecule has 0 spiro atoms. The van der Waals surface area contributed by atoms with E-state index in [4.69, 9.17) is 6.92 Å². The molecule has 0 unspecified atom stereocenters. The molecule has 2 heterocycles. The monoisotopic (exact) mass is 213 g/mol. The van der Waals surface area contributed by atoms with Crippen molar-refractivity contribution in [2.45, 2.75) is 13.1 Å². The molecule has 0 bridgehead atoms. The lowest BCUT2D eigenvalue weighted by Gasteiger charge is -2.02. The Morgan fingerprint density at radius 2 is 2.00 bits per heavy atom. The standard InChI is InChI=1S/C9H6F3N3/c1-5-3-4-7-13-8(9(10,11)12)6(2)15(7)14-5/h1,3-4H,2H3. The third-order valence-electron chi connectivity index (χ3n) is 1.99.